The fourth-order valence-corrected chi connectivity index (χ4v) is 3.19. The van der Waals surface area contributed by atoms with Crippen LogP contribution in [0.3, 0.4) is 0 Å². The monoisotopic (exact) mass is 376 g/mol. The first-order valence-corrected chi connectivity index (χ1v) is 9.06. The Morgan fingerprint density at radius 1 is 1.11 bits per heavy atom. The highest BCUT2D eigenvalue weighted by molar-refractivity contribution is 6.03. The molecule has 2 amide bonds. The lowest BCUT2D eigenvalue weighted by Gasteiger charge is -2.16. The van der Waals surface area contributed by atoms with Gasteiger partial charge in [-0.05, 0) is 55.0 Å². The fraction of sp³-hybridized carbons (Fsp3) is 0.190. The van der Waals surface area contributed by atoms with Crippen LogP contribution in [0.5, 0.6) is 5.75 Å². The van der Waals surface area contributed by atoms with Crippen LogP contribution in [-0.2, 0) is 4.79 Å². The number of methoxy groups -OCH3 is 1. The van der Waals surface area contributed by atoms with Gasteiger partial charge in [0.15, 0.2) is 5.69 Å². The van der Waals surface area contributed by atoms with Gasteiger partial charge in [0.05, 0.1) is 12.8 Å². The summed E-state index contributed by atoms with van der Waals surface area (Å²) >= 11 is 0. The van der Waals surface area contributed by atoms with Gasteiger partial charge in [0.25, 0.3) is 5.91 Å². The van der Waals surface area contributed by atoms with E-state index in [2.05, 4.69) is 10.4 Å². The third kappa shape index (κ3) is 3.59. The molecule has 1 N–H and O–H groups in total. The number of hydrogen-bond acceptors (Lipinski definition) is 4. The number of benzene rings is 2. The van der Waals surface area contributed by atoms with Gasteiger partial charge in [-0.25, -0.2) is 4.68 Å². The van der Waals surface area contributed by atoms with Crippen molar-refractivity contribution in [1.82, 2.24) is 9.78 Å². The largest absolute Gasteiger partial charge is 0.497 e. The molecule has 0 spiro atoms. The number of carbonyl (C=O) groups excluding carboxylic acids is 2. The van der Waals surface area contributed by atoms with E-state index < -0.39 is 0 Å². The molecule has 0 radical (unpaired) electrons. The van der Waals surface area contributed by atoms with Crippen molar-refractivity contribution in [2.24, 2.45) is 0 Å². The molecule has 28 heavy (non-hydrogen) atoms. The molecule has 0 unspecified atom stereocenters. The van der Waals surface area contributed by atoms with E-state index in [1.807, 2.05) is 42.5 Å². The van der Waals surface area contributed by atoms with Gasteiger partial charge < -0.3 is 15.0 Å². The first kappa shape index (κ1) is 17.8. The van der Waals surface area contributed by atoms with E-state index in [-0.39, 0.29) is 11.8 Å². The molecule has 1 aliphatic heterocycles. The Kier molecular flexibility index (Phi) is 4.80. The lowest BCUT2D eigenvalue weighted by molar-refractivity contribution is -0.117. The maximum atomic E-state index is 12.6. The number of hydrogen-bond donors (Lipinski definition) is 1. The highest BCUT2D eigenvalue weighted by Gasteiger charge is 2.22. The fourth-order valence-electron chi connectivity index (χ4n) is 3.19. The van der Waals surface area contributed by atoms with Crippen molar-refractivity contribution in [3.8, 4) is 11.4 Å². The van der Waals surface area contributed by atoms with Crippen LogP contribution in [0.4, 0.5) is 11.4 Å². The zero-order chi connectivity index (χ0) is 19.5. The lowest BCUT2D eigenvalue weighted by atomic mass is 10.2. The predicted octanol–water partition coefficient (Wildman–Crippen LogP) is 3.26. The Morgan fingerprint density at radius 2 is 1.93 bits per heavy atom. The second-order valence-electron chi connectivity index (χ2n) is 6.50. The summed E-state index contributed by atoms with van der Waals surface area (Å²) in [7, 11) is 1.61. The summed E-state index contributed by atoms with van der Waals surface area (Å²) in [4.78, 5) is 26.2. The zero-order valence-corrected chi connectivity index (χ0v) is 15.5. The molecular formula is C21H20N4O3. The zero-order valence-electron chi connectivity index (χ0n) is 15.5. The molecule has 0 bridgehead atoms. The number of rotatable bonds is 5. The molecule has 1 aromatic heterocycles. The van der Waals surface area contributed by atoms with Crippen LogP contribution in [0.1, 0.15) is 23.3 Å². The lowest BCUT2D eigenvalue weighted by Crippen LogP contribution is -2.23. The van der Waals surface area contributed by atoms with E-state index in [0.717, 1.165) is 23.5 Å². The van der Waals surface area contributed by atoms with Gasteiger partial charge >= 0.3 is 0 Å². The number of amides is 2. The van der Waals surface area contributed by atoms with E-state index >= 15 is 0 Å². The molecule has 1 saturated heterocycles. The van der Waals surface area contributed by atoms with E-state index in [1.165, 1.54) is 0 Å². The highest BCUT2D eigenvalue weighted by Crippen LogP contribution is 2.24. The SMILES string of the molecule is COc1ccc(-n2ccc(C(=O)Nc3cccc(N4CCCC4=O)c3)n2)cc1. The van der Waals surface area contributed by atoms with Gasteiger partial charge in [-0.15, -0.1) is 0 Å². The molecule has 3 aromatic rings. The molecule has 2 heterocycles. The van der Waals surface area contributed by atoms with Crippen molar-refractivity contribution in [3.05, 3.63) is 66.5 Å². The average Bonchev–Trinajstić information content (AvgIpc) is 3.38. The van der Waals surface area contributed by atoms with Crippen LogP contribution in [0, 0.1) is 0 Å². The van der Waals surface area contributed by atoms with Crippen LogP contribution >= 0.6 is 0 Å². The van der Waals surface area contributed by atoms with Crippen LogP contribution < -0.4 is 15.0 Å². The summed E-state index contributed by atoms with van der Waals surface area (Å²) in [5, 5.41) is 7.19. The predicted molar refractivity (Wildman–Crippen MR) is 106 cm³/mol. The summed E-state index contributed by atoms with van der Waals surface area (Å²) in [6, 6.07) is 16.4. The number of aromatic nitrogens is 2. The summed E-state index contributed by atoms with van der Waals surface area (Å²) in [6.45, 7) is 0.711. The second-order valence-corrected chi connectivity index (χ2v) is 6.50. The van der Waals surface area contributed by atoms with Gasteiger partial charge in [0, 0.05) is 30.5 Å². The maximum absolute atomic E-state index is 12.6. The third-order valence-electron chi connectivity index (χ3n) is 4.65. The van der Waals surface area contributed by atoms with Gasteiger partial charge in [0.2, 0.25) is 5.91 Å². The Morgan fingerprint density at radius 3 is 2.64 bits per heavy atom. The standard InChI is InChI=1S/C21H20N4O3/c1-28-18-9-7-16(8-10-18)25-13-11-19(23-25)21(27)22-15-4-2-5-17(14-15)24-12-3-6-20(24)26/h2,4-5,7-11,13-14H,3,6,12H2,1H3,(H,22,27). The van der Waals surface area contributed by atoms with Crippen LogP contribution in [0.2, 0.25) is 0 Å². The summed E-state index contributed by atoms with van der Waals surface area (Å²) < 4.78 is 6.78. The van der Waals surface area contributed by atoms with Gasteiger partial charge in [-0.1, -0.05) is 6.07 Å². The van der Waals surface area contributed by atoms with Crippen molar-refractivity contribution in [2.75, 3.05) is 23.9 Å². The first-order chi connectivity index (χ1) is 13.6. The molecule has 0 aliphatic carbocycles. The van der Waals surface area contributed by atoms with Gasteiger partial charge in [-0.2, -0.15) is 5.10 Å². The van der Waals surface area contributed by atoms with E-state index in [0.29, 0.717) is 24.3 Å². The number of nitrogens with zero attached hydrogens (tertiary/aromatic N) is 3. The van der Waals surface area contributed by atoms with E-state index in [9.17, 15) is 9.59 Å². The maximum Gasteiger partial charge on any atom is 0.276 e. The quantitative estimate of drug-likeness (QED) is 0.742. The number of ether oxygens (including phenoxy) is 1. The summed E-state index contributed by atoms with van der Waals surface area (Å²) in [5.74, 6) is 0.559. The Labute approximate surface area is 162 Å². The van der Waals surface area contributed by atoms with E-state index in [1.54, 1.807) is 35.0 Å². The molecule has 7 heteroatoms. The minimum absolute atomic E-state index is 0.113. The normalized spacial score (nSPS) is 13.6. The molecular weight excluding hydrogens is 356 g/mol. The number of anilines is 2. The van der Waals surface area contributed by atoms with Gasteiger partial charge in [-0.3, -0.25) is 9.59 Å². The molecule has 0 atom stereocenters. The number of carbonyl (C=O) groups is 2. The highest BCUT2D eigenvalue weighted by atomic mass is 16.5. The van der Waals surface area contributed by atoms with Crippen LogP contribution in [0.25, 0.3) is 5.69 Å². The van der Waals surface area contributed by atoms with E-state index in [4.69, 9.17) is 4.74 Å². The van der Waals surface area contributed by atoms with Crippen molar-refractivity contribution in [2.45, 2.75) is 12.8 Å². The first-order valence-electron chi connectivity index (χ1n) is 9.06. The number of nitrogens with one attached hydrogen (secondary N) is 1. The summed E-state index contributed by atoms with van der Waals surface area (Å²) in [6.07, 6.45) is 3.16. The Hall–Kier alpha value is -3.61. The molecule has 0 saturated carbocycles. The molecule has 4 rings (SSSR count). The van der Waals surface area contributed by atoms with Crippen molar-refractivity contribution in [1.29, 1.82) is 0 Å². The molecule has 1 fully saturated rings. The van der Waals surface area contributed by atoms with Crippen molar-refractivity contribution >= 4 is 23.2 Å². The third-order valence-corrected chi connectivity index (χ3v) is 4.65. The van der Waals surface area contributed by atoms with Crippen molar-refractivity contribution in [3.63, 3.8) is 0 Å². The smallest absolute Gasteiger partial charge is 0.276 e. The van der Waals surface area contributed by atoms with Crippen molar-refractivity contribution < 1.29 is 14.3 Å². The average molecular weight is 376 g/mol. The van der Waals surface area contributed by atoms with Gasteiger partial charge in [0.1, 0.15) is 5.75 Å². The van der Waals surface area contributed by atoms with Crippen LogP contribution in [0.15, 0.2) is 60.8 Å². The second kappa shape index (κ2) is 7.56. The molecule has 142 valence electrons. The Bertz CT molecular complexity index is 1010. The minimum atomic E-state index is -0.308. The molecule has 7 nitrogen and oxygen atoms in total. The Balaban J connectivity index is 1.48. The minimum Gasteiger partial charge on any atom is -0.497 e. The summed E-state index contributed by atoms with van der Waals surface area (Å²) in [5.41, 5.74) is 2.55. The molecule has 1 aliphatic rings. The topological polar surface area (TPSA) is 76.5 Å². The molecule has 2 aromatic carbocycles. The van der Waals surface area contributed by atoms with Crippen LogP contribution in [-0.4, -0.2) is 35.2 Å².